The fourth-order valence-electron chi connectivity index (χ4n) is 8.41. The Hall–Kier alpha value is -2.49. The summed E-state index contributed by atoms with van der Waals surface area (Å²) in [5.41, 5.74) is 4.43. The van der Waals surface area contributed by atoms with E-state index in [0.29, 0.717) is 27.3 Å². The number of carbonyl (C=O) groups excluding carboxylic acids is 1. The van der Waals surface area contributed by atoms with Crippen LogP contribution in [0.15, 0.2) is 72.8 Å². The molecular weight excluding hydrogens is 573 g/mol. The second kappa shape index (κ2) is 12.5. The molecule has 1 amide bonds. The third kappa shape index (κ3) is 6.50. The van der Waals surface area contributed by atoms with Crippen LogP contribution in [0.25, 0.3) is 0 Å². The topological polar surface area (TPSA) is 29.5 Å². The van der Waals surface area contributed by atoms with Crippen molar-refractivity contribution in [2.24, 2.45) is 5.41 Å². The summed E-state index contributed by atoms with van der Waals surface area (Å²) in [4.78, 5) is 15.9. The maximum atomic E-state index is 13.8. The van der Waals surface area contributed by atoms with Crippen molar-refractivity contribution in [2.75, 3.05) is 13.1 Å². The first-order valence-corrected chi connectivity index (χ1v) is 17.0. The number of nitrogens with zero attached hydrogens (tertiary/aromatic N) is 1. The average molecular weight is 619 g/mol. The quantitative estimate of drug-likeness (QED) is 0.239. The molecule has 0 spiro atoms. The monoisotopic (exact) mass is 617 g/mol. The molecule has 43 heavy (non-hydrogen) atoms. The first-order valence-electron chi connectivity index (χ1n) is 16.2. The molecule has 228 valence electrons. The molecule has 3 nitrogen and oxygen atoms in total. The number of fused-ring (bicyclic) bond motifs is 3. The average Bonchev–Trinajstić information content (AvgIpc) is 3.03. The first-order chi connectivity index (χ1) is 20.7. The molecule has 2 bridgehead atoms. The third-order valence-corrected chi connectivity index (χ3v) is 11.7. The van der Waals surface area contributed by atoms with Gasteiger partial charge < -0.3 is 9.64 Å². The number of halogens is 2. The van der Waals surface area contributed by atoms with Crippen molar-refractivity contribution in [3.05, 3.63) is 99.5 Å². The van der Waals surface area contributed by atoms with Gasteiger partial charge in [0.2, 0.25) is 5.91 Å². The van der Waals surface area contributed by atoms with Crippen LogP contribution < -0.4 is 4.74 Å². The summed E-state index contributed by atoms with van der Waals surface area (Å²) >= 11 is 13.0. The summed E-state index contributed by atoms with van der Waals surface area (Å²) in [6.07, 6.45) is 12.6. The van der Waals surface area contributed by atoms with Gasteiger partial charge in [-0.05, 0) is 130 Å². The molecule has 3 saturated carbocycles. The molecular formula is C38H45Cl2NO2. The van der Waals surface area contributed by atoms with Crippen molar-refractivity contribution >= 4 is 29.1 Å². The lowest BCUT2D eigenvalue weighted by Crippen LogP contribution is -2.50. The number of piperidine rings is 1. The minimum Gasteiger partial charge on any atom is -0.491 e. The number of carbonyl (C=O) groups is 1. The number of benzene rings is 3. The zero-order valence-corrected chi connectivity index (χ0v) is 27.2. The predicted molar refractivity (Wildman–Crippen MR) is 177 cm³/mol. The molecule has 0 aromatic heterocycles. The molecule has 1 atom stereocenters. The smallest absolute Gasteiger partial charge is 0.227 e. The first kappa shape index (κ1) is 30.5. The lowest BCUT2D eigenvalue weighted by molar-refractivity contribution is -0.133. The van der Waals surface area contributed by atoms with Gasteiger partial charge in [0.15, 0.2) is 0 Å². The zero-order chi connectivity index (χ0) is 30.1. The molecule has 3 aromatic rings. The van der Waals surface area contributed by atoms with Gasteiger partial charge in [-0.1, -0.05) is 71.7 Å². The molecule has 4 aliphatic rings. The van der Waals surface area contributed by atoms with E-state index in [-0.39, 0.29) is 17.4 Å². The van der Waals surface area contributed by atoms with Gasteiger partial charge in [0.25, 0.3) is 0 Å². The Morgan fingerprint density at radius 3 is 2.26 bits per heavy atom. The second-order valence-electron chi connectivity index (χ2n) is 14.0. The fourth-order valence-corrected chi connectivity index (χ4v) is 8.71. The number of hydrogen-bond donors (Lipinski definition) is 0. The van der Waals surface area contributed by atoms with Crippen LogP contribution in [0.5, 0.6) is 5.75 Å². The molecule has 7 rings (SSSR count). The molecule has 0 N–H and O–H groups in total. The van der Waals surface area contributed by atoms with E-state index in [1.165, 1.54) is 50.5 Å². The number of hydrogen-bond acceptors (Lipinski definition) is 2. The van der Waals surface area contributed by atoms with Crippen LogP contribution in [0.3, 0.4) is 0 Å². The molecule has 1 heterocycles. The Morgan fingerprint density at radius 2 is 1.56 bits per heavy atom. The molecule has 5 heteroatoms. The SMILES string of the molecule is CC(C)Oc1cccc(CC(=O)N2CCCC(CCC34CCC(c5ccccc5)(CC3)CC4)(c3ccc(Cl)c(Cl)c3)C2)c1. The maximum absolute atomic E-state index is 13.8. The molecule has 3 aromatic carbocycles. The van der Waals surface area contributed by atoms with Crippen molar-refractivity contribution < 1.29 is 9.53 Å². The summed E-state index contributed by atoms with van der Waals surface area (Å²) in [5.74, 6) is 1.01. The van der Waals surface area contributed by atoms with Crippen LogP contribution in [-0.4, -0.2) is 30.0 Å². The number of rotatable bonds is 9. The highest BCUT2D eigenvalue weighted by Gasteiger charge is 2.50. The summed E-state index contributed by atoms with van der Waals surface area (Å²) in [5, 5.41) is 1.19. The highest BCUT2D eigenvalue weighted by molar-refractivity contribution is 6.42. The van der Waals surface area contributed by atoms with Crippen LogP contribution in [0.2, 0.25) is 10.0 Å². The Balaban J connectivity index is 1.20. The van der Waals surface area contributed by atoms with Crippen molar-refractivity contribution in [3.8, 4) is 5.75 Å². The molecule has 3 aliphatic carbocycles. The molecule has 4 fully saturated rings. The molecule has 1 saturated heterocycles. The minimum absolute atomic E-state index is 0.0995. The zero-order valence-electron chi connectivity index (χ0n) is 25.7. The summed E-state index contributed by atoms with van der Waals surface area (Å²) in [6, 6.07) is 25.4. The number of likely N-dealkylation sites (tertiary alicyclic amines) is 1. The van der Waals surface area contributed by atoms with E-state index < -0.39 is 0 Å². The lowest BCUT2D eigenvalue weighted by Gasteiger charge is -2.55. The van der Waals surface area contributed by atoms with Gasteiger partial charge >= 0.3 is 0 Å². The third-order valence-electron chi connectivity index (χ3n) is 11.0. The van der Waals surface area contributed by atoms with Crippen LogP contribution in [0.4, 0.5) is 0 Å². The normalized spacial score (nSPS) is 27.0. The maximum Gasteiger partial charge on any atom is 0.227 e. The van der Waals surface area contributed by atoms with Crippen LogP contribution in [0.1, 0.15) is 94.7 Å². The van der Waals surface area contributed by atoms with Gasteiger partial charge in [-0.25, -0.2) is 0 Å². The van der Waals surface area contributed by atoms with E-state index in [0.717, 1.165) is 43.7 Å². The standard InChI is InChI=1S/C38H45Cl2NO2/c1-28(2)43-32-11-6-8-29(24-32)25-35(42)41-23-7-14-38(27-41,31-12-13-33(39)34(40)26-31)22-18-36-15-19-37(20-16-36,21-17-36)30-9-4-3-5-10-30/h3-6,8-13,24,26,28H,7,14-23,25,27H2,1-2H3. The Bertz CT molecular complexity index is 1410. The predicted octanol–water partition coefficient (Wildman–Crippen LogP) is 9.96. The Labute approximate surface area is 267 Å². The second-order valence-corrected chi connectivity index (χ2v) is 14.8. The van der Waals surface area contributed by atoms with E-state index in [1.807, 2.05) is 44.2 Å². The summed E-state index contributed by atoms with van der Waals surface area (Å²) in [7, 11) is 0. The van der Waals surface area contributed by atoms with Gasteiger partial charge in [-0.3, -0.25) is 4.79 Å². The largest absolute Gasteiger partial charge is 0.491 e. The number of amides is 1. The van der Waals surface area contributed by atoms with Crippen molar-refractivity contribution in [2.45, 2.75) is 101 Å². The van der Waals surface area contributed by atoms with Crippen molar-refractivity contribution in [1.29, 1.82) is 0 Å². The van der Waals surface area contributed by atoms with Gasteiger partial charge in [0.1, 0.15) is 5.75 Å². The van der Waals surface area contributed by atoms with E-state index >= 15 is 0 Å². The van der Waals surface area contributed by atoms with E-state index in [1.54, 1.807) is 5.56 Å². The van der Waals surface area contributed by atoms with E-state index in [9.17, 15) is 4.79 Å². The summed E-state index contributed by atoms with van der Waals surface area (Å²) < 4.78 is 5.89. The minimum atomic E-state index is -0.120. The van der Waals surface area contributed by atoms with Gasteiger partial charge in [0, 0.05) is 18.5 Å². The highest BCUT2D eigenvalue weighted by Crippen LogP contribution is 2.60. The molecule has 1 unspecified atom stereocenters. The molecule has 0 radical (unpaired) electrons. The lowest BCUT2D eigenvalue weighted by atomic mass is 9.50. The Morgan fingerprint density at radius 1 is 0.814 bits per heavy atom. The van der Waals surface area contributed by atoms with Crippen LogP contribution >= 0.6 is 23.2 Å². The van der Waals surface area contributed by atoms with E-state index in [4.69, 9.17) is 27.9 Å². The Kier molecular flexibility index (Phi) is 8.86. The van der Waals surface area contributed by atoms with Crippen molar-refractivity contribution in [3.63, 3.8) is 0 Å². The number of ether oxygens (including phenoxy) is 1. The van der Waals surface area contributed by atoms with Gasteiger partial charge in [-0.2, -0.15) is 0 Å². The summed E-state index contributed by atoms with van der Waals surface area (Å²) in [6.45, 7) is 5.58. The fraction of sp³-hybridized carbons (Fsp3) is 0.500. The van der Waals surface area contributed by atoms with E-state index in [2.05, 4.69) is 47.4 Å². The van der Waals surface area contributed by atoms with Crippen LogP contribution in [0, 0.1) is 5.41 Å². The highest BCUT2D eigenvalue weighted by atomic mass is 35.5. The van der Waals surface area contributed by atoms with Crippen molar-refractivity contribution in [1.82, 2.24) is 4.90 Å². The van der Waals surface area contributed by atoms with Crippen LogP contribution in [-0.2, 0) is 22.0 Å². The van der Waals surface area contributed by atoms with Gasteiger partial charge in [-0.15, -0.1) is 0 Å². The van der Waals surface area contributed by atoms with Gasteiger partial charge in [0.05, 0.1) is 22.6 Å². The molecule has 1 aliphatic heterocycles.